The van der Waals surface area contributed by atoms with Gasteiger partial charge in [-0.15, -0.1) is 10.2 Å². The summed E-state index contributed by atoms with van der Waals surface area (Å²) in [6.45, 7) is 2.87. The second-order valence-electron chi connectivity index (χ2n) is 7.64. The fourth-order valence-electron chi connectivity index (χ4n) is 3.98. The van der Waals surface area contributed by atoms with Crippen LogP contribution >= 0.6 is 0 Å². The third kappa shape index (κ3) is 4.54. The Bertz CT molecular complexity index is 835. The van der Waals surface area contributed by atoms with Crippen molar-refractivity contribution in [2.75, 3.05) is 7.11 Å². The lowest BCUT2D eigenvalue weighted by Crippen LogP contribution is -2.15. The molecule has 1 aliphatic carbocycles. The van der Waals surface area contributed by atoms with Gasteiger partial charge in [0.05, 0.1) is 12.6 Å². The summed E-state index contributed by atoms with van der Waals surface area (Å²) in [7, 11) is 1.62. The summed E-state index contributed by atoms with van der Waals surface area (Å²) in [5.74, 6) is 0.597. The highest BCUT2D eigenvalue weighted by Gasteiger charge is 2.22. The van der Waals surface area contributed by atoms with E-state index in [1.54, 1.807) is 7.11 Å². The molecule has 1 aliphatic rings. The summed E-state index contributed by atoms with van der Waals surface area (Å²) < 4.78 is 7.20. The number of amides is 1. The molecule has 0 saturated heterocycles. The first-order valence-corrected chi connectivity index (χ1v) is 10.5. The largest absolute Gasteiger partial charge is 0.497 e. The van der Waals surface area contributed by atoms with Gasteiger partial charge in [0.1, 0.15) is 5.75 Å². The van der Waals surface area contributed by atoms with Crippen molar-refractivity contribution in [3.05, 3.63) is 18.2 Å². The van der Waals surface area contributed by atoms with Crippen LogP contribution in [0.5, 0.6) is 11.6 Å². The molecule has 6 nitrogen and oxygen atoms in total. The molecule has 1 amide bonds. The molecule has 1 saturated carbocycles. The van der Waals surface area contributed by atoms with Gasteiger partial charge in [0.15, 0.2) is 5.69 Å². The van der Waals surface area contributed by atoms with Crippen LogP contribution < -0.4 is 4.74 Å². The van der Waals surface area contributed by atoms with Crippen LogP contribution in [-0.4, -0.2) is 22.7 Å². The smallest absolute Gasteiger partial charge is 0.267 e. The number of nitrogens with zero attached hydrogens (tertiary/aromatic N) is 3. The quantitative estimate of drug-likeness (QED) is 0.439. The number of benzene rings is 1. The van der Waals surface area contributed by atoms with Gasteiger partial charge >= 0.3 is 0 Å². The normalized spacial score (nSPS) is 15.5. The minimum Gasteiger partial charge on any atom is -0.497 e. The van der Waals surface area contributed by atoms with Crippen molar-refractivity contribution in [3.63, 3.8) is 0 Å². The van der Waals surface area contributed by atoms with Gasteiger partial charge in [0.2, 0.25) is 5.88 Å². The minimum absolute atomic E-state index is 0.0258. The van der Waals surface area contributed by atoms with Crippen molar-refractivity contribution in [2.45, 2.75) is 71.3 Å². The van der Waals surface area contributed by atoms with Crippen LogP contribution in [0.15, 0.2) is 28.4 Å². The van der Waals surface area contributed by atoms with Crippen molar-refractivity contribution in [3.8, 4) is 11.6 Å². The summed E-state index contributed by atoms with van der Waals surface area (Å²) in [5.41, 5.74) is 1.23. The minimum atomic E-state index is -0.170. The highest BCUT2D eigenvalue weighted by Crippen LogP contribution is 2.40. The van der Waals surface area contributed by atoms with E-state index in [1.165, 1.54) is 12.8 Å². The van der Waals surface area contributed by atoms with E-state index in [-0.39, 0.29) is 17.7 Å². The van der Waals surface area contributed by atoms with Crippen molar-refractivity contribution in [1.29, 1.82) is 0 Å². The zero-order valence-electron chi connectivity index (χ0n) is 17.0. The number of aromatic nitrogens is 1. The van der Waals surface area contributed by atoms with E-state index in [0.717, 1.165) is 61.6 Å². The number of ether oxygens (including phenoxy) is 1. The van der Waals surface area contributed by atoms with Gasteiger partial charge in [-0.05, 0) is 31.4 Å². The molecule has 0 bridgehead atoms. The number of carbonyl (C=O) groups is 1. The molecule has 3 rings (SSSR count). The van der Waals surface area contributed by atoms with Gasteiger partial charge in [-0.3, -0.25) is 4.79 Å². The van der Waals surface area contributed by atoms with Crippen molar-refractivity contribution < 1.29 is 14.6 Å². The average molecular weight is 386 g/mol. The van der Waals surface area contributed by atoms with E-state index in [2.05, 4.69) is 17.2 Å². The Balaban J connectivity index is 1.89. The molecule has 1 fully saturated rings. The molecule has 28 heavy (non-hydrogen) atoms. The lowest BCUT2D eigenvalue weighted by Gasteiger charge is -2.17. The number of carbonyl (C=O) groups excluding carboxylic acids is 1. The zero-order valence-corrected chi connectivity index (χ0v) is 17.0. The van der Waals surface area contributed by atoms with Crippen molar-refractivity contribution in [1.82, 2.24) is 4.57 Å². The van der Waals surface area contributed by atoms with Gasteiger partial charge in [-0.1, -0.05) is 45.4 Å². The molecule has 1 N–H and O–H groups in total. The van der Waals surface area contributed by atoms with Crippen LogP contribution in [0.3, 0.4) is 0 Å². The number of fused-ring (bicyclic) bond motifs is 1. The van der Waals surface area contributed by atoms with Crippen LogP contribution in [0.25, 0.3) is 10.9 Å². The Morgan fingerprint density at radius 1 is 1.21 bits per heavy atom. The summed E-state index contributed by atoms with van der Waals surface area (Å²) in [4.78, 5) is 12.4. The Kier molecular flexibility index (Phi) is 7.06. The number of azo groups is 1. The number of unbranched alkanes of at least 4 members (excludes halogenated alkanes) is 3. The second-order valence-corrected chi connectivity index (χ2v) is 7.64. The fourth-order valence-corrected chi connectivity index (χ4v) is 3.98. The molecular formula is C22H31N3O3. The first-order chi connectivity index (χ1) is 13.7. The third-order valence-corrected chi connectivity index (χ3v) is 5.66. The van der Waals surface area contributed by atoms with E-state index in [9.17, 15) is 9.90 Å². The number of methoxy groups -OCH3 is 1. The molecule has 2 aromatic rings. The standard InChI is InChI=1S/C22H31N3O3/c1-3-4-5-9-14-25-19-15-17(28-2)12-13-18(19)20(22(25)27)23-24-21(26)16-10-7-6-8-11-16/h12-13,15-16,27H,3-11,14H2,1-2H3. The number of hydrogen-bond donors (Lipinski definition) is 1. The van der Waals surface area contributed by atoms with Crippen LogP contribution in [-0.2, 0) is 11.3 Å². The predicted octanol–water partition coefficient (Wildman–Crippen LogP) is 6.13. The SMILES string of the molecule is CCCCCCn1c(O)c(N=NC(=O)C2CCCCC2)c2ccc(OC)cc21. The number of aromatic hydroxyl groups is 1. The predicted molar refractivity (Wildman–Crippen MR) is 110 cm³/mol. The van der Waals surface area contributed by atoms with Crippen molar-refractivity contribution >= 4 is 22.5 Å². The van der Waals surface area contributed by atoms with E-state index < -0.39 is 0 Å². The maximum Gasteiger partial charge on any atom is 0.267 e. The maximum atomic E-state index is 12.4. The molecule has 1 aromatic carbocycles. The Morgan fingerprint density at radius 2 is 2.00 bits per heavy atom. The Hall–Kier alpha value is -2.37. The second kappa shape index (κ2) is 9.71. The third-order valence-electron chi connectivity index (χ3n) is 5.66. The van der Waals surface area contributed by atoms with Crippen LogP contribution in [0.2, 0.25) is 0 Å². The number of hydrogen-bond acceptors (Lipinski definition) is 4. The molecule has 0 atom stereocenters. The molecule has 0 aliphatic heterocycles. The molecule has 0 radical (unpaired) electrons. The fraction of sp³-hybridized carbons (Fsp3) is 0.591. The molecular weight excluding hydrogens is 354 g/mol. The Morgan fingerprint density at radius 3 is 2.71 bits per heavy atom. The van der Waals surface area contributed by atoms with Crippen molar-refractivity contribution in [2.24, 2.45) is 16.1 Å². The van der Waals surface area contributed by atoms with E-state index in [0.29, 0.717) is 12.2 Å². The summed E-state index contributed by atoms with van der Waals surface area (Å²) in [6.07, 6.45) is 9.54. The van der Waals surface area contributed by atoms with Gasteiger partial charge < -0.3 is 14.4 Å². The van der Waals surface area contributed by atoms with Gasteiger partial charge in [0.25, 0.3) is 5.91 Å². The molecule has 0 unspecified atom stereocenters. The molecule has 152 valence electrons. The van der Waals surface area contributed by atoms with Gasteiger partial charge in [-0.25, -0.2) is 0 Å². The zero-order chi connectivity index (χ0) is 19.9. The summed E-state index contributed by atoms with van der Waals surface area (Å²) in [6, 6.07) is 5.61. The van der Waals surface area contributed by atoms with Crippen LogP contribution in [0.1, 0.15) is 64.7 Å². The van der Waals surface area contributed by atoms with E-state index >= 15 is 0 Å². The first kappa shape index (κ1) is 20.4. The first-order valence-electron chi connectivity index (χ1n) is 10.5. The molecule has 6 heteroatoms. The number of aryl methyl sites for hydroxylation is 1. The Labute approximate surface area is 166 Å². The lowest BCUT2D eigenvalue weighted by molar-refractivity contribution is -0.122. The van der Waals surface area contributed by atoms with Gasteiger partial charge in [-0.2, -0.15) is 0 Å². The maximum absolute atomic E-state index is 12.4. The monoisotopic (exact) mass is 385 g/mol. The molecule has 0 spiro atoms. The highest BCUT2D eigenvalue weighted by molar-refractivity contribution is 5.96. The summed E-state index contributed by atoms with van der Waals surface area (Å²) in [5, 5.41) is 19.8. The van der Waals surface area contributed by atoms with Crippen LogP contribution in [0, 0.1) is 5.92 Å². The summed E-state index contributed by atoms with van der Waals surface area (Å²) >= 11 is 0. The van der Waals surface area contributed by atoms with E-state index in [4.69, 9.17) is 4.74 Å². The topological polar surface area (TPSA) is 76.2 Å². The molecule has 1 heterocycles. The highest BCUT2D eigenvalue weighted by atomic mass is 16.5. The van der Waals surface area contributed by atoms with Gasteiger partial charge in [0, 0.05) is 23.9 Å². The average Bonchev–Trinajstić information content (AvgIpc) is 3.00. The van der Waals surface area contributed by atoms with E-state index in [1.807, 2.05) is 22.8 Å². The molecule has 1 aromatic heterocycles. The van der Waals surface area contributed by atoms with Crippen LogP contribution in [0.4, 0.5) is 5.69 Å². The number of rotatable bonds is 8. The lowest BCUT2D eigenvalue weighted by atomic mass is 9.89.